The Balaban J connectivity index is 1.70. The van der Waals surface area contributed by atoms with Crippen LogP contribution >= 0.6 is 11.6 Å². The monoisotopic (exact) mass is 379 g/mol. The van der Waals surface area contributed by atoms with Gasteiger partial charge in [-0.05, 0) is 60.5 Å². The molecule has 1 aromatic heterocycles. The molecule has 0 spiro atoms. The van der Waals surface area contributed by atoms with Crippen LogP contribution < -0.4 is 10.6 Å². The molecular weight excluding hydrogens is 362 g/mol. The second-order valence-corrected chi connectivity index (χ2v) is 6.31. The molecule has 6 heteroatoms. The molecule has 0 radical (unpaired) electrons. The van der Waals surface area contributed by atoms with Crippen LogP contribution in [-0.2, 0) is 6.42 Å². The molecule has 2 N–H and O–H groups in total. The van der Waals surface area contributed by atoms with Crippen LogP contribution in [0.3, 0.4) is 0 Å². The number of anilines is 2. The summed E-state index contributed by atoms with van der Waals surface area (Å²) in [5.74, 6) is -0.778. The molecule has 136 valence electrons. The molecule has 5 nitrogen and oxygen atoms in total. The fourth-order valence-electron chi connectivity index (χ4n) is 2.43. The van der Waals surface area contributed by atoms with Gasteiger partial charge in [0, 0.05) is 16.4 Å². The van der Waals surface area contributed by atoms with E-state index in [1.807, 2.05) is 24.3 Å². The molecule has 3 rings (SSSR count). The Kier molecular flexibility index (Phi) is 5.84. The fraction of sp³-hybridized carbons (Fsp3) is 0.0952. The number of nitrogens with zero attached hydrogens (tertiary/aromatic N) is 1. The van der Waals surface area contributed by atoms with Gasteiger partial charge in [-0.25, -0.2) is 4.98 Å². The molecule has 0 aliphatic rings. The highest BCUT2D eigenvalue weighted by Gasteiger charge is 2.13. The molecule has 2 aromatic carbocycles. The molecule has 3 aromatic rings. The number of nitrogens with one attached hydrogen (secondary N) is 2. The molecule has 1 heterocycles. The van der Waals surface area contributed by atoms with Crippen LogP contribution in [0.5, 0.6) is 0 Å². The van der Waals surface area contributed by atoms with Gasteiger partial charge in [-0.3, -0.25) is 9.59 Å². The van der Waals surface area contributed by atoms with Crippen LogP contribution in [-0.4, -0.2) is 16.8 Å². The van der Waals surface area contributed by atoms with Gasteiger partial charge in [0.1, 0.15) is 11.4 Å². The van der Waals surface area contributed by atoms with Crippen LogP contribution in [0.15, 0.2) is 66.7 Å². The summed E-state index contributed by atoms with van der Waals surface area (Å²) >= 11 is 5.83. The average molecular weight is 380 g/mol. The van der Waals surface area contributed by atoms with Crippen molar-refractivity contribution in [1.82, 2.24) is 4.98 Å². The van der Waals surface area contributed by atoms with Crippen molar-refractivity contribution in [3.8, 4) is 0 Å². The second-order valence-electron chi connectivity index (χ2n) is 5.87. The molecule has 27 heavy (non-hydrogen) atoms. The number of hydrogen-bond donors (Lipinski definition) is 2. The quantitative estimate of drug-likeness (QED) is 0.668. The lowest BCUT2D eigenvalue weighted by Gasteiger charge is -2.08. The highest BCUT2D eigenvalue weighted by Crippen LogP contribution is 2.15. The summed E-state index contributed by atoms with van der Waals surface area (Å²) in [4.78, 5) is 28.9. The molecule has 0 aliphatic carbocycles. The van der Waals surface area contributed by atoms with Crippen LogP contribution in [0.25, 0.3) is 0 Å². The van der Waals surface area contributed by atoms with E-state index < -0.39 is 5.91 Å². The van der Waals surface area contributed by atoms with E-state index in [9.17, 15) is 9.59 Å². The first-order chi connectivity index (χ1) is 13.0. The number of carbonyl (C=O) groups is 2. The number of rotatable bonds is 5. The number of aromatic nitrogens is 1. The third-order valence-electron chi connectivity index (χ3n) is 3.94. The van der Waals surface area contributed by atoms with Crippen molar-refractivity contribution < 1.29 is 9.59 Å². The summed E-state index contributed by atoms with van der Waals surface area (Å²) in [5, 5.41) is 6.09. The van der Waals surface area contributed by atoms with Gasteiger partial charge in [-0.2, -0.15) is 0 Å². The first-order valence-electron chi connectivity index (χ1n) is 8.49. The van der Waals surface area contributed by atoms with Gasteiger partial charge in [0.05, 0.1) is 0 Å². The summed E-state index contributed by atoms with van der Waals surface area (Å²) in [6.45, 7) is 2.07. The Morgan fingerprint density at radius 1 is 0.815 bits per heavy atom. The summed E-state index contributed by atoms with van der Waals surface area (Å²) in [6.07, 6.45) is 0.931. The van der Waals surface area contributed by atoms with Crippen molar-refractivity contribution in [3.05, 3.63) is 88.7 Å². The summed E-state index contributed by atoms with van der Waals surface area (Å²) in [7, 11) is 0. The zero-order chi connectivity index (χ0) is 19.2. The Hall–Kier alpha value is -3.18. The van der Waals surface area contributed by atoms with E-state index in [-0.39, 0.29) is 17.3 Å². The van der Waals surface area contributed by atoms with Crippen molar-refractivity contribution in [2.24, 2.45) is 0 Å². The van der Waals surface area contributed by atoms with E-state index in [2.05, 4.69) is 22.5 Å². The third kappa shape index (κ3) is 4.92. The van der Waals surface area contributed by atoms with Gasteiger partial charge in [0.2, 0.25) is 0 Å². The van der Waals surface area contributed by atoms with Crippen LogP contribution in [0.4, 0.5) is 11.4 Å². The minimum Gasteiger partial charge on any atom is -0.321 e. The minimum atomic E-state index is -0.403. The molecule has 0 saturated heterocycles. The predicted octanol–water partition coefficient (Wildman–Crippen LogP) is 4.80. The Bertz CT molecular complexity index is 954. The minimum absolute atomic E-state index is 0.152. The predicted molar refractivity (Wildman–Crippen MR) is 107 cm³/mol. The van der Waals surface area contributed by atoms with Crippen LogP contribution in [0.1, 0.15) is 33.5 Å². The molecular formula is C21H18ClN3O2. The lowest BCUT2D eigenvalue weighted by molar-refractivity contribution is 0.101. The van der Waals surface area contributed by atoms with Gasteiger partial charge in [0.25, 0.3) is 11.8 Å². The number of amides is 2. The first kappa shape index (κ1) is 18.6. The highest BCUT2D eigenvalue weighted by molar-refractivity contribution is 6.30. The van der Waals surface area contributed by atoms with Crippen LogP contribution in [0.2, 0.25) is 5.02 Å². The zero-order valence-corrected chi connectivity index (χ0v) is 15.5. The summed E-state index contributed by atoms with van der Waals surface area (Å²) in [5.41, 5.74) is 2.77. The third-order valence-corrected chi connectivity index (χ3v) is 4.19. The topological polar surface area (TPSA) is 71.1 Å². The Morgan fingerprint density at radius 2 is 1.30 bits per heavy atom. The fourth-order valence-corrected chi connectivity index (χ4v) is 2.56. The largest absolute Gasteiger partial charge is 0.321 e. The first-order valence-corrected chi connectivity index (χ1v) is 8.87. The van der Waals surface area contributed by atoms with Crippen molar-refractivity contribution in [1.29, 1.82) is 0 Å². The van der Waals surface area contributed by atoms with Gasteiger partial charge in [0.15, 0.2) is 0 Å². The van der Waals surface area contributed by atoms with Crippen molar-refractivity contribution in [2.45, 2.75) is 13.3 Å². The van der Waals surface area contributed by atoms with E-state index in [1.54, 1.807) is 42.5 Å². The molecule has 0 fully saturated rings. The van der Waals surface area contributed by atoms with Crippen molar-refractivity contribution in [2.75, 3.05) is 10.6 Å². The number of benzene rings is 2. The number of halogens is 1. The summed E-state index contributed by atoms with van der Waals surface area (Å²) < 4.78 is 0. The molecule has 0 unspecified atom stereocenters. The Morgan fingerprint density at radius 3 is 1.78 bits per heavy atom. The van der Waals surface area contributed by atoms with Crippen LogP contribution in [0, 0.1) is 0 Å². The molecule has 0 bridgehead atoms. The SMILES string of the molecule is CCc1ccc(NC(=O)c2cccc(C(=O)Nc3ccc(Cl)cc3)n2)cc1. The van der Waals surface area contributed by atoms with Gasteiger partial charge < -0.3 is 10.6 Å². The lowest BCUT2D eigenvalue weighted by Crippen LogP contribution is -2.18. The number of aryl methyl sites for hydroxylation is 1. The standard InChI is InChI=1S/C21H18ClN3O2/c1-2-14-6-10-16(11-7-14)23-20(26)18-4-3-5-19(25-18)21(27)24-17-12-8-15(22)9-13-17/h3-13H,2H2,1H3,(H,23,26)(H,24,27). The molecule has 2 amide bonds. The second kappa shape index (κ2) is 8.47. The van der Waals surface area contributed by atoms with Crippen molar-refractivity contribution in [3.63, 3.8) is 0 Å². The maximum atomic E-state index is 12.4. The molecule has 0 atom stereocenters. The van der Waals surface area contributed by atoms with E-state index in [0.29, 0.717) is 16.4 Å². The number of hydrogen-bond acceptors (Lipinski definition) is 3. The smallest absolute Gasteiger partial charge is 0.274 e. The van der Waals surface area contributed by atoms with E-state index in [1.165, 1.54) is 5.56 Å². The van der Waals surface area contributed by atoms with E-state index in [4.69, 9.17) is 11.6 Å². The van der Waals surface area contributed by atoms with Gasteiger partial charge in [-0.1, -0.05) is 36.7 Å². The maximum Gasteiger partial charge on any atom is 0.274 e. The highest BCUT2D eigenvalue weighted by atomic mass is 35.5. The maximum absolute atomic E-state index is 12.4. The summed E-state index contributed by atoms with van der Waals surface area (Å²) in [6, 6.07) is 19.1. The zero-order valence-electron chi connectivity index (χ0n) is 14.7. The Labute approximate surface area is 162 Å². The molecule has 0 saturated carbocycles. The normalized spacial score (nSPS) is 10.3. The van der Waals surface area contributed by atoms with Gasteiger partial charge >= 0.3 is 0 Å². The molecule has 0 aliphatic heterocycles. The van der Waals surface area contributed by atoms with Gasteiger partial charge in [-0.15, -0.1) is 0 Å². The number of carbonyl (C=O) groups excluding carboxylic acids is 2. The average Bonchev–Trinajstić information content (AvgIpc) is 2.70. The van der Waals surface area contributed by atoms with E-state index in [0.717, 1.165) is 6.42 Å². The van der Waals surface area contributed by atoms with Crippen molar-refractivity contribution >= 4 is 34.8 Å². The number of pyridine rings is 1. The lowest BCUT2D eigenvalue weighted by atomic mass is 10.1. The van der Waals surface area contributed by atoms with E-state index >= 15 is 0 Å².